The molecular formula is C29H27FN2O3. The third-order valence-corrected chi connectivity index (χ3v) is 5.75. The van der Waals surface area contributed by atoms with Gasteiger partial charge in [-0.05, 0) is 47.4 Å². The number of halogens is 1. The fraction of sp³-hybridized carbons (Fsp3) is 0.172. The summed E-state index contributed by atoms with van der Waals surface area (Å²) in [6.07, 6.45) is 2.33. The molecule has 0 saturated carbocycles. The van der Waals surface area contributed by atoms with Gasteiger partial charge >= 0.3 is 0 Å². The van der Waals surface area contributed by atoms with Crippen LogP contribution in [0, 0.1) is 5.82 Å². The third kappa shape index (κ3) is 6.67. The van der Waals surface area contributed by atoms with Gasteiger partial charge in [-0.2, -0.15) is 0 Å². The van der Waals surface area contributed by atoms with E-state index in [0.29, 0.717) is 17.7 Å². The maximum Gasteiger partial charge on any atom is 0.247 e. The number of nitrogens with zero attached hydrogens (tertiary/aromatic N) is 1. The average Bonchev–Trinajstić information content (AvgIpc) is 3.42. The maximum atomic E-state index is 13.6. The molecule has 4 rings (SSSR count). The minimum atomic E-state index is -0.862. The molecule has 0 aliphatic rings. The lowest BCUT2D eigenvalue weighted by atomic mass is 10.0. The molecule has 0 aliphatic heterocycles. The first-order valence-corrected chi connectivity index (χ1v) is 11.5. The van der Waals surface area contributed by atoms with Crippen molar-refractivity contribution in [3.05, 3.63) is 132 Å². The first-order valence-electron chi connectivity index (χ1n) is 11.5. The number of furan rings is 1. The summed E-state index contributed by atoms with van der Waals surface area (Å²) in [7, 11) is 0. The monoisotopic (exact) mass is 470 g/mol. The van der Waals surface area contributed by atoms with Crippen LogP contribution in [0.4, 0.5) is 4.39 Å². The fourth-order valence-corrected chi connectivity index (χ4v) is 3.94. The molecule has 0 spiro atoms. The van der Waals surface area contributed by atoms with Crippen molar-refractivity contribution in [1.82, 2.24) is 10.2 Å². The predicted molar refractivity (Wildman–Crippen MR) is 131 cm³/mol. The third-order valence-electron chi connectivity index (χ3n) is 5.75. The van der Waals surface area contributed by atoms with Gasteiger partial charge < -0.3 is 14.6 Å². The van der Waals surface area contributed by atoms with Gasteiger partial charge in [-0.1, -0.05) is 72.8 Å². The molecule has 4 aromatic rings. The molecule has 5 nitrogen and oxygen atoms in total. The Morgan fingerprint density at radius 1 is 0.829 bits per heavy atom. The van der Waals surface area contributed by atoms with Gasteiger partial charge in [0.25, 0.3) is 0 Å². The fourth-order valence-electron chi connectivity index (χ4n) is 3.94. The van der Waals surface area contributed by atoms with Crippen molar-refractivity contribution in [2.45, 2.75) is 32.0 Å². The lowest BCUT2D eigenvalue weighted by molar-refractivity contribution is -0.141. The van der Waals surface area contributed by atoms with Gasteiger partial charge in [0, 0.05) is 13.0 Å². The Morgan fingerprint density at radius 3 is 2.17 bits per heavy atom. The summed E-state index contributed by atoms with van der Waals surface area (Å²) in [5.74, 6) is -0.222. The Bertz CT molecular complexity index is 1210. The van der Waals surface area contributed by atoms with Gasteiger partial charge in [0.2, 0.25) is 11.8 Å². The van der Waals surface area contributed by atoms with E-state index >= 15 is 0 Å². The second-order valence-electron chi connectivity index (χ2n) is 8.24. The highest BCUT2D eigenvalue weighted by atomic mass is 19.1. The quantitative estimate of drug-likeness (QED) is 0.336. The van der Waals surface area contributed by atoms with Crippen molar-refractivity contribution < 1.29 is 18.4 Å². The Labute approximate surface area is 204 Å². The minimum Gasteiger partial charge on any atom is -0.467 e. The molecule has 35 heavy (non-hydrogen) atoms. The molecule has 0 radical (unpaired) electrons. The summed E-state index contributed by atoms with van der Waals surface area (Å²) < 4.78 is 18.9. The van der Waals surface area contributed by atoms with Gasteiger partial charge in [-0.25, -0.2) is 4.39 Å². The number of hydrogen-bond donors (Lipinski definition) is 1. The van der Waals surface area contributed by atoms with Gasteiger partial charge in [0.1, 0.15) is 17.6 Å². The zero-order valence-electron chi connectivity index (χ0n) is 19.3. The summed E-state index contributed by atoms with van der Waals surface area (Å²) in [5.41, 5.74) is 2.47. The van der Waals surface area contributed by atoms with Crippen molar-refractivity contribution in [3.63, 3.8) is 0 Å². The van der Waals surface area contributed by atoms with Crippen LogP contribution in [0.2, 0.25) is 0 Å². The zero-order valence-corrected chi connectivity index (χ0v) is 19.3. The number of amides is 2. The summed E-state index contributed by atoms with van der Waals surface area (Å²) in [4.78, 5) is 28.7. The first kappa shape index (κ1) is 24.0. The molecule has 1 N–H and O–H groups in total. The lowest BCUT2D eigenvalue weighted by Crippen LogP contribution is -2.43. The van der Waals surface area contributed by atoms with Crippen molar-refractivity contribution in [2.24, 2.45) is 0 Å². The van der Waals surface area contributed by atoms with E-state index in [-0.39, 0.29) is 37.1 Å². The summed E-state index contributed by atoms with van der Waals surface area (Å²) in [6, 6.07) is 27.6. The second-order valence-corrected chi connectivity index (χ2v) is 8.24. The second kappa shape index (κ2) is 11.8. The van der Waals surface area contributed by atoms with Gasteiger partial charge in [0.15, 0.2) is 0 Å². The molecule has 0 saturated heterocycles. The normalized spacial score (nSPS) is 11.6. The van der Waals surface area contributed by atoms with Crippen LogP contribution in [-0.4, -0.2) is 16.7 Å². The number of carbonyl (C=O) groups excluding carboxylic acids is 2. The highest BCUT2D eigenvalue weighted by Gasteiger charge is 2.31. The van der Waals surface area contributed by atoms with Crippen molar-refractivity contribution in [1.29, 1.82) is 0 Å². The average molecular weight is 471 g/mol. The van der Waals surface area contributed by atoms with Gasteiger partial charge in [-0.15, -0.1) is 0 Å². The topological polar surface area (TPSA) is 62.6 Å². The number of carbonyl (C=O) groups is 2. The van der Waals surface area contributed by atoms with E-state index in [4.69, 9.17) is 4.42 Å². The van der Waals surface area contributed by atoms with Crippen LogP contribution in [0.25, 0.3) is 0 Å². The van der Waals surface area contributed by atoms with E-state index < -0.39 is 6.04 Å². The highest BCUT2D eigenvalue weighted by Crippen LogP contribution is 2.25. The van der Waals surface area contributed by atoms with Crippen LogP contribution in [0.5, 0.6) is 0 Å². The predicted octanol–water partition coefficient (Wildman–Crippen LogP) is 5.44. The molecule has 0 aliphatic carbocycles. The molecule has 1 aromatic heterocycles. The SMILES string of the molecule is O=C(NCc1ccco1)C(c1ccccc1)N(Cc1ccc(F)cc1)C(=O)CCc1ccccc1. The highest BCUT2D eigenvalue weighted by molar-refractivity contribution is 5.88. The summed E-state index contributed by atoms with van der Waals surface area (Å²) in [6.45, 7) is 0.374. The summed E-state index contributed by atoms with van der Waals surface area (Å²) in [5, 5.41) is 2.90. The molecule has 3 aromatic carbocycles. The largest absolute Gasteiger partial charge is 0.467 e. The molecule has 2 amide bonds. The number of benzene rings is 3. The molecule has 0 fully saturated rings. The smallest absolute Gasteiger partial charge is 0.247 e. The van der Waals surface area contributed by atoms with Crippen molar-refractivity contribution in [3.8, 4) is 0 Å². The number of aryl methyl sites for hydroxylation is 1. The standard InChI is InChI=1S/C29H27FN2O3/c30-25-16-13-23(14-17-25)21-32(27(33)18-15-22-8-3-1-4-9-22)28(24-10-5-2-6-11-24)29(34)31-20-26-12-7-19-35-26/h1-14,16-17,19,28H,15,18,20-21H2,(H,31,34). The first-order chi connectivity index (χ1) is 17.1. The summed E-state index contributed by atoms with van der Waals surface area (Å²) >= 11 is 0. The molecule has 1 heterocycles. The molecule has 1 atom stereocenters. The Kier molecular flexibility index (Phi) is 8.07. The number of nitrogens with one attached hydrogen (secondary N) is 1. The van der Waals surface area contributed by atoms with Crippen LogP contribution in [0.3, 0.4) is 0 Å². The van der Waals surface area contributed by atoms with E-state index in [1.54, 1.807) is 35.4 Å². The molecule has 1 unspecified atom stereocenters. The molecule has 6 heteroatoms. The Balaban J connectivity index is 1.62. The van der Waals surface area contributed by atoms with E-state index in [9.17, 15) is 14.0 Å². The van der Waals surface area contributed by atoms with E-state index in [0.717, 1.165) is 11.1 Å². The van der Waals surface area contributed by atoms with E-state index in [1.165, 1.54) is 12.1 Å². The Hall–Kier alpha value is -4.19. The maximum absolute atomic E-state index is 13.6. The minimum absolute atomic E-state index is 0.167. The van der Waals surface area contributed by atoms with Crippen LogP contribution in [-0.2, 0) is 29.1 Å². The van der Waals surface area contributed by atoms with E-state index in [2.05, 4.69) is 5.32 Å². The molecule has 178 valence electrons. The van der Waals surface area contributed by atoms with Crippen LogP contribution in [0.1, 0.15) is 34.9 Å². The van der Waals surface area contributed by atoms with Crippen LogP contribution in [0.15, 0.2) is 108 Å². The number of rotatable bonds is 10. The zero-order chi connectivity index (χ0) is 24.5. The number of hydrogen-bond acceptors (Lipinski definition) is 3. The molecular weight excluding hydrogens is 443 g/mol. The lowest BCUT2D eigenvalue weighted by Gasteiger charge is -2.31. The van der Waals surface area contributed by atoms with Crippen molar-refractivity contribution in [2.75, 3.05) is 0 Å². The van der Waals surface area contributed by atoms with Crippen LogP contribution >= 0.6 is 0 Å². The van der Waals surface area contributed by atoms with Crippen molar-refractivity contribution >= 4 is 11.8 Å². The van der Waals surface area contributed by atoms with Gasteiger partial charge in [0.05, 0.1) is 12.8 Å². The van der Waals surface area contributed by atoms with E-state index in [1.807, 2.05) is 60.7 Å². The van der Waals surface area contributed by atoms with Crippen LogP contribution < -0.4 is 5.32 Å². The van der Waals surface area contributed by atoms with Gasteiger partial charge in [-0.3, -0.25) is 9.59 Å². The Morgan fingerprint density at radius 2 is 1.51 bits per heavy atom. The molecule has 0 bridgehead atoms.